The second-order valence-electron chi connectivity index (χ2n) is 5.19. The fraction of sp³-hybridized carbons (Fsp3) is 0.615. The molecule has 0 bridgehead atoms. The van der Waals surface area contributed by atoms with Crippen molar-refractivity contribution in [3.8, 4) is 0 Å². The zero-order valence-corrected chi connectivity index (χ0v) is 14.2. The molecule has 0 rings (SSSR count). The van der Waals surface area contributed by atoms with E-state index in [-0.39, 0.29) is 25.0 Å². The van der Waals surface area contributed by atoms with E-state index < -0.39 is 54.2 Å². The molecular weight excluding hydrogens is 356 g/mol. The summed E-state index contributed by atoms with van der Waals surface area (Å²) in [5.74, 6) is -5.04. The molecule has 142 valence electrons. The van der Waals surface area contributed by atoms with E-state index in [1.54, 1.807) is 0 Å². The van der Waals surface area contributed by atoms with Gasteiger partial charge in [0.25, 0.3) is 0 Å². The van der Waals surface area contributed by atoms with Gasteiger partial charge in [-0.1, -0.05) is 0 Å². The zero-order valence-electron chi connectivity index (χ0n) is 13.3. The number of primary amides is 1. The molecule has 8 N–H and O–H groups in total. The van der Waals surface area contributed by atoms with Crippen molar-refractivity contribution in [1.82, 2.24) is 10.6 Å². The Balaban J connectivity index is 4.93. The number of aliphatic carboxylic acids is 2. The number of carboxylic acids is 2. The molecule has 0 radical (unpaired) electrons. The van der Waals surface area contributed by atoms with Crippen LogP contribution < -0.4 is 22.1 Å². The van der Waals surface area contributed by atoms with Crippen molar-refractivity contribution in [3.05, 3.63) is 0 Å². The summed E-state index contributed by atoms with van der Waals surface area (Å²) in [7, 11) is 0. The van der Waals surface area contributed by atoms with Crippen LogP contribution in [0, 0.1) is 0 Å². The summed E-state index contributed by atoms with van der Waals surface area (Å²) in [6, 6.07) is -3.73. The molecule has 0 fully saturated rings. The van der Waals surface area contributed by atoms with Crippen molar-refractivity contribution in [3.63, 3.8) is 0 Å². The van der Waals surface area contributed by atoms with Crippen LogP contribution in [0.3, 0.4) is 0 Å². The topological polar surface area (TPSA) is 202 Å². The van der Waals surface area contributed by atoms with Gasteiger partial charge in [0, 0.05) is 18.6 Å². The maximum Gasteiger partial charge on any atom is 0.327 e. The molecule has 12 heteroatoms. The van der Waals surface area contributed by atoms with Crippen molar-refractivity contribution in [2.45, 2.75) is 43.8 Å². The van der Waals surface area contributed by atoms with Crippen LogP contribution in [0.4, 0.5) is 0 Å². The number of nitrogens with two attached hydrogens (primary N) is 2. The number of rotatable bonds is 12. The van der Waals surface area contributed by atoms with Gasteiger partial charge in [0.15, 0.2) is 0 Å². The summed E-state index contributed by atoms with van der Waals surface area (Å²) in [4.78, 5) is 56.4. The average Bonchev–Trinajstić information content (AvgIpc) is 2.52. The molecule has 0 aliphatic rings. The molecule has 3 unspecified atom stereocenters. The van der Waals surface area contributed by atoms with Gasteiger partial charge < -0.3 is 32.3 Å². The van der Waals surface area contributed by atoms with E-state index in [1.807, 2.05) is 0 Å². The molecule has 0 saturated heterocycles. The summed E-state index contributed by atoms with van der Waals surface area (Å²) in [6.07, 6.45) is -0.897. The van der Waals surface area contributed by atoms with Gasteiger partial charge in [-0.15, -0.1) is 0 Å². The van der Waals surface area contributed by atoms with Gasteiger partial charge in [-0.2, -0.15) is 12.6 Å². The largest absolute Gasteiger partial charge is 0.481 e. The van der Waals surface area contributed by atoms with E-state index in [1.165, 1.54) is 0 Å². The molecular formula is C13H22N4O7S. The van der Waals surface area contributed by atoms with Crippen molar-refractivity contribution >= 4 is 42.3 Å². The smallest absolute Gasteiger partial charge is 0.327 e. The van der Waals surface area contributed by atoms with Crippen molar-refractivity contribution in [2.24, 2.45) is 11.5 Å². The van der Waals surface area contributed by atoms with Crippen molar-refractivity contribution < 1.29 is 34.2 Å². The number of carboxylic acid groups (broad SMARTS) is 2. The van der Waals surface area contributed by atoms with Gasteiger partial charge in [0.05, 0.1) is 6.04 Å². The number of nitrogens with one attached hydrogen (secondary N) is 2. The van der Waals surface area contributed by atoms with Gasteiger partial charge in [0.1, 0.15) is 12.1 Å². The highest BCUT2D eigenvalue weighted by atomic mass is 32.1. The molecule has 25 heavy (non-hydrogen) atoms. The summed E-state index contributed by atoms with van der Waals surface area (Å²) >= 11 is 3.79. The monoisotopic (exact) mass is 378 g/mol. The number of carbonyl (C=O) groups is 5. The second-order valence-corrected chi connectivity index (χ2v) is 5.55. The molecule has 0 heterocycles. The van der Waals surface area contributed by atoms with E-state index in [4.69, 9.17) is 21.7 Å². The van der Waals surface area contributed by atoms with Crippen LogP contribution in [0.5, 0.6) is 0 Å². The maximum absolute atomic E-state index is 12.1. The number of hydrogen-bond acceptors (Lipinski definition) is 7. The third-order valence-electron chi connectivity index (χ3n) is 3.12. The van der Waals surface area contributed by atoms with E-state index in [9.17, 15) is 24.0 Å². The third-order valence-corrected chi connectivity index (χ3v) is 3.48. The fourth-order valence-electron chi connectivity index (χ4n) is 1.70. The number of thiol groups is 1. The molecule has 0 saturated carbocycles. The van der Waals surface area contributed by atoms with Gasteiger partial charge >= 0.3 is 11.9 Å². The quantitative estimate of drug-likeness (QED) is 0.179. The molecule has 0 aliphatic heterocycles. The summed E-state index contributed by atoms with van der Waals surface area (Å²) < 4.78 is 0. The molecule has 11 nitrogen and oxygen atoms in total. The third kappa shape index (κ3) is 9.52. The summed E-state index contributed by atoms with van der Waals surface area (Å²) in [5, 5.41) is 22.0. The highest BCUT2D eigenvalue weighted by Gasteiger charge is 2.27. The van der Waals surface area contributed by atoms with E-state index in [0.29, 0.717) is 0 Å². The molecule has 0 aromatic rings. The van der Waals surface area contributed by atoms with E-state index >= 15 is 0 Å². The summed E-state index contributed by atoms with van der Waals surface area (Å²) in [5.41, 5.74) is 10.5. The molecule has 0 aliphatic carbocycles. The minimum Gasteiger partial charge on any atom is -0.481 e. The standard InChI is InChI=1S/C13H22N4O7S/c14-6(1-3-9(15)18)11(21)16-7(2-4-10(19)20)12(22)17-8(5-25)13(23)24/h6-8,25H,1-5,14H2,(H2,15,18)(H,16,21)(H,17,22)(H,19,20)(H,23,24). The Morgan fingerprint density at radius 3 is 1.92 bits per heavy atom. The Kier molecular flexibility index (Phi) is 10.2. The molecule has 0 spiro atoms. The minimum absolute atomic E-state index is 0.0528. The first-order valence-electron chi connectivity index (χ1n) is 7.28. The Morgan fingerprint density at radius 1 is 0.920 bits per heavy atom. The lowest BCUT2D eigenvalue weighted by molar-refractivity contribution is -0.142. The van der Waals surface area contributed by atoms with Crippen LogP contribution in [0.15, 0.2) is 0 Å². The van der Waals surface area contributed by atoms with Crippen LogP contribution in [0.25, 0.3) is 0 Å². The maximum atomic E-state index is 12.1. The lowest BCUT2D eigenvalue weighted by Gasteiger charge is -2.22. The molecule has 0 aromatic carbocycles. The fourth-order valence-corrected chi connectivity index (χ4v) is 1.95. The van der Waals surface area contributed by atoms with Gasteiger partial charge in [0.2, 0.25) is 17.7 Å². The van der Waals surface area contributed by atoms with Crippen LogP contribution in [0.1, 0.15) is 25.7 Å². The average molecular weight is 378 g/mol. The van der Waals surface area contributed by atoms with Gasteiger partial charge in [-0.25, -0.2) is 4.79 Å². The van der Waals surface area contributed by atoms with Crippen LogP contribution in [-0.4, -0.2) is 63.8 Å². The van der Waals surface area contributed by atoms with Crippen molar-refractivity contribution in [2.75, 3.05) is 5.75 Å². The first kappa shape index (κ1) is 22.7. The molecule has 0 aromatic heterocycles. The van der Waals surface area contributed by atoms with Gasteiger partial charge in [-0.3, -0.25) is 19.2 Å². The highest BCUT2D eigenvalue weighted by molar-refractivity contribution is 7.80. The lowest BCUT2D eigenvalue weighted by atomic mass is 10.1. The van der Waals surface area contributed by atoms with Crippen LogP contribution >= 0.6 is 12.6 Å². The molecule has 3 atom stereocenters. The van der Waals surface area contributed by atoms with Crippen LogP contribution in [0.2, 0.25) is 0 Å². The van der Waals surface area contributed by atoms with E-state index in [0.717, 1.165) is 0 Å². The number of carbonyl (C=O) groups excluding carboxylic acids is 3. The Hall–Kier alpha value is -2.34. The van der Waals surface area contributed by atoms with E-state index in [2.05, 4.69) is 23.3 Å². The second kappa shape index (κ2) is 11.3. The lowest BCUT2D eigenvalue weighted by Crippen LogP contribution is -2.55. The first-order valence-corrected chi connectivity index (χ1v) is 7.91. The van der Waals surface area contributed by atoms with Crippen molar-refractivity contribution in [1.29, 1.82) is 0 Å². The number of amides is 3. The normalized spacial score (nSPS) is 14.0. The van der Waals surface area contributed by atoms with Gasteiger partial charge in [-0.05, 0) is 12.8 Å². The highest BCUT2D eigenvalue weighted by Crippen LogP contribution is 2.02. The first-order chi connectivity index (χ1) is 11.6. The predicted molar refractivity (Wildman–Crippen MR) is 88.6 cm³/mol. The minimum atomic E-state index is -1.33. The summed E-state index contributed by atoms with van der Waals surface area (Å²) in [6.45, 7) is 0. The number of hydrogen-bond donors (Lipinski definition) is 7. The Bertz CT molecular complexity index is 529. The predicted octanol–water partition coefficient (Wildman–Crippen LogP) is -2.57. The zero-order chi connectivity index (χ0) is 19.6. The Labute approximate surface area is 148 Å². The van der Waals surface area contributed by atoms with Crippen LogP contribution in [-0.2, 0) is 24.0 Å². The SMILES string of the molecule is NC(=O)CCC(N)C(=O)NC(CCC(=O)O)C(=O)NC(CS)C(=O)O. The molecule has 3 amide bonds. The Morgan fingerprint density at radius 2 is 1.48 bits per heavy atom.